The van der Waals surface area contributed by atoms with Gasteiger partial charge < -0.3 is 14.6 Å². The Morgan fingerprint density at radius 3 is 2.47 bits per heavy atom. The summed E-state index contributed by atoms with van der Waals surface area (Å²) in [5.74, 6) is -0.352. The number of hydrogen-bond acceptors (Lipinski definition) is 5. The first-order chi connectivity index (χ1) is 18.5. The molecule has 6 nitrogen and oxygen atoms in total. The third-order valence-electron chi connectivity index (χ3n) is 6.69. The van der Waals surface area contributed by atoms with Gasteiger partial charge in [-0.25, -0.2) is 4.98 Å². The van der Waals surface area contributed by atoms with E-state index >= 15 is 0 Å². The molecule has 0 radical (unpaired) electrons. The maximum absolute atomic E-state index is 13.8. The molecule has 2 amide bonds. The molecule has 0 aliphatic rings. The Bertz CT molecular complexity index is 1540. The van der Waals surface area contributed by atoms with Crippen molar-refractivity contribution in [2.45, 2.75) is 25.8 Å². The van der Waals surface area contributed by atoms with Crippen molar-refractivity contribution in [2.24, 2.45) is 0 Å². The highest BCUT2D eigenvalue weighted by atomic mass is 32.1. The van der Waals surface area contributed by atoms with Gasteiger partial charge in [-0.1, -0.05) is 66.7 Å². The Kier molecular flexibility index (Phi) is 7.65. The molecule has 0 aliphatic carbocycles. The number of likely N-dealkylation sites (N-methyl/N-ethyl adjacent to an activating group) is 1. The first-order valence-corrected chi connectivity index (χ1v) is 13.4. The highest BCUT2D eigenvalue weighted by molar-refractivity contribution is 7.15. The van der Waals surface area contributed by atoms with Gasteiger partial charge >= 0.3 is 0 Å². The molecule has 5 aromatic rings. The van der Waals surface area contributed by atoms with Crippen molar-refractivity contribution in [1.29, 1.82) is 0 Å². The number of aryl methyl sites for hydroxylation is 2. The number of hydrogen-bond donors (Lipinski definition) is 1. The second kappa shape index (κ2) is 11.4. The molecule has 0 spiro atoms. The van der Waals surface area contributed by atoms with Gasteiger partial charge in [0.25, 0.3) is 11.8 Å². The predicted molar refractivity (Wildman–Crippen MR) is 151 cm³/mol. The number of fused-ring (bicyclic) bond motifs is 1. The van der Waals surface area contributed by atoms with Gasteiger partial charge in [0.1, 0.15) is 11.3 Å². The van der Waals surface area contributed by atoms with Gasteiger partial charge in [-0.15, -0.1) is 11.3 Å². The van der Waals surface area contributed by atoms with Crippen LogP contribution >= 0.6 is 11.3 Å². The minimum absolute atomic E-state index is 0.155. The number of aromatic nitrogens is 1. The number of carbonyl (C=O) groups excluding carboxylic acids is 2. The molecule has 0 fully saturated rings. The van der Waals surface area contributed by atoms with Crippen LogP contribution in [0.4, 0.5) is 0 Å². The quantitative estimate of drug-likeness (QED) is 0.244. The van der Waals surface area contributed by atoms with Gasteiger partial charge in [0.05, 0.1) is 21.7 Å². The fraction of sp³-hybridized carbons (Fsp3) is 0.194. The number of benzene rings is 3. The van der Waals surface area contributed by atoms with E-state index in [-0.39, 0.29) is 17.9 Å². The molecule has 3 aromatic carbocycles. The Labute approximate surface area is 225 Å². The third-order valence-corrected chi connectivity index (χ3v) is 7.71. The van der Waals surface area contributed by atoms with E-state index in [2.05, 4.69) is 22.4 Å². The smallest absolute Gasteiger partial charge is 0.274 e. The molecular weight excluding hydrogens is 494 g/mol. The van der Waals surface area contributed by atoms with E-state index in [1.807, 2.05) is 61.5 Å². The Morgan fingerprint density at radius 1 is 0.974 bits per heavy atom. The third kappa shape index (κ3) is 5.53. The summed E-state index contributed by atoms with van der Waals surface area (Å²) >= 11 is 1.52. The summed E-state index contributed by atoms with van der Waals surface area (Å²) in [4.78, 5) is 34.2. The predicted octanol–water partition coefficient (Wildman–Crippen LogP) is 6.37. The SMILES string of the molecule is Cc1nc(C(=O)N(C)[C@H](CCc2ccccc2)CNC(=O)c2cccc3occc23)c(-c2ccccc2)s1. The fourth-order valence-corrected chi connectivity index (χ4v) is 5.51. The summed E-state index contributed by atoms with van der Waals surface area (Å²) in [6.07, 6.45) is 3.04. The van der Waals surface area contributed by atoms with Crippen molar-refractivity contribution in [2.75, 3.05) is 13.6 Å². The molecule has 0 aliphatic heterocycles. The van der Waals surface area contributed by atoms with Crippen molar-refractivity contribution in [3.63, 3.8) is 0 Å². The van der Waals surface area contributed by atoms with E-state index in [1.165, 1.54) is 16.9 Å². The lowest BCUT2D eigenvalue weighted by atomic mass is 10.0. The van der Waals surface area contributed by atoms with Crippen LogP contribution in [0, 0.1) is 6.92 Å². The van der Waals surface area contributed by atoms with Gasteiger partial charge in [0, 0.05) is 25.0 Å². The van der Waals surface area contributed by atoms with Crippen LogP contribution in [0.1, 0.15) is 37.8 Å². The standard InChI is InChI=1S/C31H29N3O3S/c1-21-33-28(29(38-21)23-12-7-4-8-13-23)31(36)34(2)24(17-16-22-10-5-3-6-11-22)20-32-30(35)26-14-9-15-27-25(26)18-19-37-27/h3-15,18-19,24H,16-17,20H2,1-2H3,(H,32,35)/t24-/m1/s1. The van der Waals surface area contributed by atoms with Crippen molar-refractivity contribution >= 4 is 34.1 Å². The lowest BCUT2D eigenvalue weighted by molar-refractivity contribution is 0.0706. The van der Waals surface area contributed by atoms with Crippen LogP contribution < -0.4 is 5.32 Å². The van der Waals surface area contributed by atoms with Crippen molar-refractivity contribution in [1.82, 2.24) is 15.2 Å². The van der Waals surface area contributed by atoms with E-state index < -0.39 is 0 Å². The second-order valence-electron chi connectivity index (χ2n) is 9.22. The molecule has 0 bridgehead atoms. The number of nitrogens with one attached hydrogen (secondary N) is 1. The second-order valence-corrected chi connectivity index (χ2v) is 10.4. The Hall–Kier alpha value is -4.23. The summed E-state index contributed by atoms with van der Waals surface area (Å²) in [6, 6.07) is 27.0. The van der Waals surface area contributed by atoms with Crippen molar-refractivity contribution in [3.05, 3.63) is 113 Å². The average Bonchev–Trinajstić information content (AvgIpc) is 3.60. The lowest BCUT2D eigenvalue weighted by Crippen LogP contribution is -2.45. The van der Waals surface area contributed by atoms with Crippen LogP contribution in [-0.2, 0) is 6.42 Å². The first kappa shape index (κ1) is 25.4. The van der Waals surface area contributed by atoms with E-state index in [0.717, 1.165) is 27.3 Å². The lowest BCUT2D eigenvalue weighted by Gasteiger charge is -2.28. The molecular formula is C31H29N3O3S. The molecule has 0 saturated heterocycles. The highest BCUT2D eigenvalue weighted by Gasteiger charge is 2.27. The molecule has 1 atom stereocenters. The topological polar surface area (TPSA) is 75.4 Å². The summed E-state index contributed by atoms with van der Waals surface area (Å²) < 4.78 is 5.45. The molecule has 1 N–H and O–H groups in total. The molecule has 0 saturated carbocycles. The minimum atomic E-state index is -0.235. The van der Waals surface area contributed by atoms with Crippen molar-refractivity contribution < 1.29 is 14.0 Å². The summed E-state index contributed by atoms with van der Waals surface area (Å²) in [6.45, 7) is 2.23. The van der Waals surface area contributed by atoms with Crippen molar-refractivity contribution in [3.8, 4) is 10.4 Å². The van der Waals surface area contributed by atoms with Crippen LogP contribution in [0.3, 0.4) is 0 Å². The van der Waals surface area contributed by atoms with E-state index in [4.69, 9.17) is 4.42 Å². The highest BCUT2D eigenvalue weighted by Crippen LogP contribution is 2.31. The number of furan rings is 1. The minimum Gasteiger partial charge on any atom is -0.464 e. The number of rotatable bonds is 9. The molecule has 7 heteroatoms. The van der Waals surface area contributed by atoms with Crippen LogP contribution in [0.2, 0.25) is 0 Å². The first-order valence-electron chi connectivity index (χ1n) is 12.6. The summed E-state index contributed by atoms with van der Waals surface area (Å²) in [5, 5.41) is 4.66. The fourth-order valence-electron chi connectivity index (χ4n) is 4.60. The van der Waals surface area contributed by atoms with Gasteiger partial charge in [-0.05, 0) is 49.1 Å². The number of nitrogens with zero attached hydrogens (tertiary/aromatic N) is 2. The number of carbonyl (C=O) groups is 2. The van der Waals surface area contributed by atoms with Crippen LogP contribution in [-0.4, -0.2) is 41.3 Å². The average molecular weight is 524 g/mol. The Balaban J connectivity index is 1.38. The summed E-state index contributed by atoms with van der Waals surface area (Å²) in [7, 11) is 1.80. The maximum atomic E-state index is 13.8. The van der Waals surface area contributed by atoms with Gasteiger partial charge in [-0.2, -0.15) is 0 Å². The van der Waals surface area contributed by atoms with Gasteiger partial charge in [0.2, 0.25) is 0 Å². The zero-order valence-corrected chi connectivity index (χ0v) is 22.2. The largest absolute Gasteiger partial charge is 0.464 e. The molecule has 5 rings (SSSR count). The van der Waals surface area contributed by atoms with E-state index in [0.29, 0.717) is 29.8 Å². The zero-order chi connectivity index (χ0) is 26.5. The van der Waals surface area contributed by atoms with E-state index in [1.54, 1.807) is 36.4 Å². The normalized spacial score (nSPS) is 11.8. The number of thiazole rings is 1. The van der Waals surface area contributed by atoms with Crippen LogP contribution in [0.15, 0.2) is 95.6 Å². The maximum Gasteiger partial charge on any atom is 0.274 e. The van der Waals surface area contributed by atoms with Gasteiger partial charge in [0.15, 0.2) is 0 Å². The molecule has 38 heavy (non-hydrogen) atoms. The van der Waals surface area contributed by atoms with E-state index in [9.17, 15) is 9.59 Å². The molecule has 192 valence electrons. The zero-order valence-electron chi connectivity index (χ0n) is 21.4. The molecule has 2 heterocycles. The van der Waals surface area contributed by atoms with Crippen LogP contribution in [0.5, 0.6) is 0 Å². The van der Waals surface area contributed by atoms with Crippen LogP contribution in [0.25, 0.3) is 21.4 Å². The monoisotopic (exact) mass is 523 g/mol. The van der Waals surface area contributed by atoms with Gasteiger partial charge in [-0.3, -0.25) is 9.59 Å². The molecule has 0 unspecified atom stereocenters. The molecule has 2 aromatic heterocycles. The Morgan fingerprint density at radius 2 is 1.71 bits per heavy atom. The number of amides is 2. The summed E-state index contributed by atoms with van der Waals surface area (Å²) in [5.41, 5.74) is 3.81.